The second kappa shape index (κ2) is 6.41. The van der Waals surface area contributed by atoms with Crippen LogP contribution in [0.4, 0.5) is 0 Å². The molecule has 1 fully saturated rings. The van der Waals surface area contributed by atoms with Crippen LogP contribution >= 0.6 is 47.0 Å². The second-order valence-corrected chi connectivity index (χ2v) is 7.30. The molecule has 0 amide bonds. The summed E-state index contributed by atoms with van der Waals surface area (Å²) in [7, 11) is 0. The summed E-state index contributed by atoms with van der Waals surface area (Å²) in [5, 5.41) is 4.17. The van der Waals surface area contributed by atoms with Crippen molar-refractivity contribution in [2.45, 2.75) is 18.2 Å². The van der Waals surface area contributed by atoms with Crippen LogP contribution < -0.4 is 0 Å². The quantitative estimate of drug-likeness (QED) is 0.346. The molecule has 0 radical (unpaired) electrons. The molecule has 1 aliphatic rings. The van der Waals surface area contributed by atoms with Gasteiger partial charge in [-0.2, -0.15) is 0 Å². The number of epoxide rings is 1. The monoisotopic (exact) mass is 411 g/mol. The van der Waals surface area contributed by atoms with Crippen molar-refractivity contribution in [2.24, 2.45) is 0 Å². The average Bonchev–Trinajstić information content (AvgIpc) is 3.21. The summed E-state index contributed by atoms with van der Waals surface area (Å²) < 4.78 is 8.41. The van der Waals surface area contributed by atoms with E-state index in [2.05, 4.69) is 10.1 Å². The van der Waals surface area contributed by atoms with Gasteiger partial charge in [-0.25, -0.2) is 4.98 Å². The van der Waals surface area contributed by atoms with Crippen molar-refractivity contribution in [1.82, 2.24) is 14.8 Å². The highest BCUT2D eigenvalue weighted by Crippen LogP contribution is 2.60. The molecule has 4 nitrogen and oxygen atoms in total. The Morgan fingerprint density at radius 2 is 1.88 bits per heavy atom. The molecule has 0 bridgehead atoms. The molecule has 8 heteroatoms. The summed E-state index contributed by atoms with van der Waals surface area (Å²) in [6, 6.07) is 13.5. The van der Waals surface area contributed by atoms with Crippen molar-refractivity contribution in [1.29, 1.82) is 0 Å². The minimum absolute atomic E-state index is 0.262. The molecule has 1 aliphatic heterocycles. The lowest BCUT2D eigenvalue weighted by molar-refractivity contribution is 0.261. The molecule has 2 aromatic carbocycles. The fourth-order valence-corrected chi connectivity index (χ4v) is 3.82. The zero-order chi connectivity index (χ0) is 17.6. The Kier molecular flexibility index (Phi) is 4.38. The molecule has 1 saturated heterocycles. The number of halogens is 3. The summed E-state index contributed by atoms with van der Waals surface area (Å²) in [6.07, 6.45) is 1.30. The highest BCUT2D eigenvalue weighted by molar-refractivity contribution is 7.71. The van der Waals surface area contributed by atoms with Crippen LogP contribution in [-0.4, -0.2) is 14.8 Å². The van der Waals surface area contributed by atoms with Crippen molar-refractivity contribution < 1.29 is 4.74 Å². The van der Waals surface area contributed by atoms with Gasteiger partial charge in [-0.1, -0.05) is 71.2 Å². The normalized spacial score (nSPS) is 22.1. The van der Waals surface area contributed by atoms with Crippen LogP contribution in [0.3, 0.4) is 0 Å². The Labute approximate surface area is 164 Å². The van der Waals surface area contributed by atoms with Gasteiger partial charge in [0.25, 0.3) is 0 Å². The lowest BCUT2D eigenvalue weighted by Gasteiger charge is -2.15. The zero-order valence-corrected chi connectivity index (χ0v) is 15.8. The third-order valence-corrected chi connectivity index (χ3v) is 5.95. The smallest absolute Gasteiger partial charge is 0.215 e. The molecule has 3 aromatic rings. The maximum Gasteiger partial charge on any atom is 0.215 e. The summed E-state index contributed by atoms with van der Waals surface area (Å²) in [4.78, 5) is 4.07. The van der Waals surface area contributed by atoms with E-state index < -0.39 is 5.60 Å². The Morgan fingerprint density at radius 1 is 1.12 bits per heavy atom. The van der Waals surface area contributed by atoms with E-state index in [9.17, 15) is 0 Å². The molecule has 2 atom stereocenters. The van der Waals surface area contributed by atoms with Gasteiger partial charge in [0.1, 0.15) is 18.0 Å². The van der Waals surface area contributed by atoms with Crippen molar-refractivity contribution in [3.05, 3.63) is 79.8 Å². The Morgan fingerprint density at radius 3 is 2.56 bits per heavy atom. The zero-order valence-electron chi connectivity index (χ0n) is 12.7. The summed E-state index contributed by atoms with van der Waals surface area (Å²) in [6.45, 7) is 0.483. The Bertz CT molecular complexity index is 988. The highest BCUT2D eigenvalue weighted by Gasteiger charge is 2.59. The minimum Gasteiger partial charge on any atom is -0.354 e. The number of benzene rings is 2. The van der Waals surface area contributed by atoms with E-state index in [0.717, 1.165) is 11.1 Å². The largest absolute Gasteiger partial charge is 0.354 e. The number of aromatic amines is 1. The van der Waals surface area contributed by atoms with Crippen LogP contribution in [0.1, 0.15) is 17.2 Å². The Balaban J connectivity index is 1.79. The molecule has 2 heterocycles. The standard InChI is InChI=1S/C17H12Cl3N3OS/c18-12-7-6-11(13(19)14(12)20)15-17(24-15,10-4-2-1-3-5-10)8-23-16(25)21-9-22-23/h1-7,9,15H,8H2,(H,21,22,25). The van der Waals surface area contributed by atoms with Crippen molar-refractivity contribution >= 4 is 47.0 Å². The molecule has 4 rings (SSSR count). The van der Waals surface area contributed by atoms with Gasteiger partial charge in [-0.05, 0) is 23.8 Å². The minimum atomic E-state index is -0.604. The van der Waals surface area contributed by atoms with Crippen LogP contribution in [0.25, 0.3) is 0 Å². The van der Waals surface area contributed by atoms with Gasteiger partial charge in [0, 0.05) is 5.56 Å². The average molecular weight is 413 g/mol. The van der Waals surface area contributed by atoms with Crippen molar-refractivity contribution in [2.75, 3.05) is 0 Å². The third kappa shape index (κ3) is 2.90. The number of rotatable bonds is 4. The van der Waals surface area contributed by atoms with E-state index >= 15 is 0 Å². The van der Waals surface area contributed by atoms with E-state index in [1.165, 1.54) is 0 Å². The lowest BCUT2D eigenvalue weighted by atomic mass is 9.91. The maximum atomic E-state index is 6.42. The first-order valence-electron chi connectivity index (χ1n) is 7.50. The molecule has 25 heavy (non-hydrogen) atoms. The van der Waals surface area contributed by atoms with Crippen molar-refractivity contribution in [3.8, 4) is 0 Å². The number of aromatic nitrogens is 3. The molecular weight excluding hydrogens is 401 g/mol. The summed E-state index contributed by atoms with van der Waals surface area (Å²) in [5.74, 6) is 0. The third-order valence-electron chi connectivity index (χ3n) is 4.32. The predicted molar refractivity (Wildman–Crippen MR) is 101 cm³/mol. The number of hydrogen-bond donors (Lipinski definition) is 1. The van der Waals surface area contributed by atoms with Gasteiger partial charge in [0.05, 0.1) is 21.6 Å². The molecule has 1 aromatic heterocycles. The fourth-order valence-electron chi connectivity index (χ4n) is 3.01. The molecule has 1 N–H and O–H groups in total. The van der Waals surface area contributed by atoms with Crippen LogP contribution in [0, 0.1) is 4.77 Å². The van der Waals surface area contributed by atoms with Gasteiger partial charge in [0.15, 0.2) is 0 Å². The van der Waals surface area contributed by atoms with E-state index in [1.54, 1.807) is 17.1 Å². The van der Waals surface area contributed by atoms with E-state index in [1.807, 2.05) is 36.4 Å². The number of ether oxygens (including phenoxy) is 1. The fraction of sp³-hybridized carbons (Fsp3) is 0.176. The van der Waals surface area contributed by atoms with Crippen molar-refractivity contribution in [3.63, 3.8) is 0 Å². The van der Waals surface area contributed by atoms with Crippen LogP contribution in [-0.2, 0) is 16.9 Å². The SMILES string of the molecule is S=c1nc[nH]n1CC1(c2ccccc2)OC1c1ccc(Cl)c(Cl)c1Cl. The number of H-pyrrole nitrogens is 1. The molecule has 0 spiro atoms. The molecule has 0 saturated carbocycles. The number of nitrogens with one attached hydrogen (secondary N) is 1. The van der Waals surface area contributed by atoms with Gasteiger partial charge >= 0.3 is 0 Å². The highest BCUT2D eigenvalue weighted by atomic mass is 35.5. The van der Waals surface area contributed by atoms with E-state index in [4.69, 9.17) is 51.8 Å². The second-order valence-electron chi connectivity index (χ2n) is 5.77. The first kappa shape index (κ1) is 17.1. The molecule has 2 unspecified atom stereocenters. The lowest BCUT2D eigenvalue weighted by Crippen LogP contribution is -2.20. The first-order chi connectivity index (χ1) is 12.0. The van der Waals surface area contributed by atoms with Crippen LogP contribution in [0.2, 0.25) is 15.1 Å². The molecular formula is C17H12Cl3N3OS. The Hall–Kier alpha value is -1.37. The summed E-state index contributed by atoms with van der Waals surface area (Å²) in [5.41, 5.74) is 1.22. The topological polar surface area (TPSA) is 46.1 Å². The van der Waals surface area contributed by atoms with Crippen LogP contribution in [0.15, 0.2) is 48.8 Å². The number of hydrogen-bond acceptors (Lipinski definition) is 3. The first-order valence-corrected chi connectivity index (χ1v) is 9.04. The van der Waals surface area contributed by atoms with E-state index in [-0.39, 0.29) is 6.10 Å². The maximum absolute atomic E-state index is 6.42. The van der Waals surface area contributed by atoms with Crippen LogP contribution in [0.5, 0.6) is 0 Å². The molecule has 0 aliphatic carbocycles. The van der Waals surface area contributed by atoms with Gasteiger partial charge in [-0.15, -0.1) is 0 Å². The molecule has 128 valence electrons. The van der Waals surface area contributed by atoms with Gasteiger partial charge in [0.2, 0.25) is 4.77 Å². The van der Waals surface area contributed by atoms with E-state index in [0.29, 0.717) is 26.4 Å². The van der Waals surface area contributed by atoms with Gasteiger partial charge < -0.3 is 4.74 Å². The summed E-state index contributed by atoms with van der Waals surface area (Å²) >= 11 is 23.9. The predicted octanol–water partition coefficient (Wildman–Crippen LogP) is 5.57. The van der Waals surface area contributed by atoms with Gasteiger partial charge in [-0.3, -0.25) is 9.78 Å². The number of nitrogens with zero attached hydrogens (tertiary/aromatic N) is 2.